The van der Waals surface area contributed by atoms with Gasteiger partial charge in [0.1, 0.15) is 6.73 Å². The van der Waals surface area contributed by atoms with Crippen LogP contribution in [-0.2, 0) is 4.74 Å². The maximum Gasteiger partial charge on any atom is 0.118 e. The minimum atomic E-state index is 0.645. The Labute approximate surface area is 57.1 Å². The molecule has 0 aliphatic rings. The van der Waals surface area contributed by atoms with E-state index in [0.717, 1.165) is 12.3 Å². The predicted octanol–water partition coefficient (Wildman–Crippen LogP) is 1.45. The molecule has 0 aliphatic carbocycles. The second kappa shape index (κ2) is 4.39. The number of ether oxygens (including phenoxy) is 1. The van der Waals surface area contributed by atoms with Gasteiger partial charge >= 0.3 is 0 Å². The van der Waals surface area contributed by atoms with Gasteiger partial charge in [0.05, 0.1) is 0 Å². The Morgan fingerprint density at radius 3 is 2.56 bits per heavy atom. The highest BCUT2D eigenvalue weighted by atomic mass is 16.5. The van der Waals surface area contributed by atoms with E-state index in [1.165, 1.54) is 0 Å². The molecule has 0 bridgehead atoms. The molecule has 54 valence electrons. The van der Waals surface area contributed by atoms with Gasteiger partial charge in [0.2, 0.25) is 0 Å². The summed E-state index contributed by atoms with van der Waals surface area (Å²) >= 11 is 0. The van der Waals surface area contributed by atoms with Gasteiger partial charge in [-0.2, -0.15) is 0 Å². The molecule has 0 rings (SSSR count). The normalized spacial score (nSPS) is 9.22. The standard InChI is InChI=1S/C7H15NO/c1-5-9-6-8(4)7(2)3/h2,5-6H2,1,3-4H3. The summed E-state index contributed by atoms with van der Waals surface area (Å²) in [6.07, 6.45) is 0. The SMILES string of the molecule is C=C(C)N(C)COCC. The van der Waals surface area contributed by atoms with Crippen molar-refractivity contribution in [2.45, 2.75) is 13.8 Å². The van der Waals surface area contributed by atoms with E-state index in [1.54, 1.807) is 0 Å². The van der Waals surface area contributed by atoms with E-state index < -0.39 is 0 Å². The van der Waals surface area contributed by atoms with Crippen molar-refractivity contribution in [2.75, 3.05) is 20.4 Å². The molecular formula is C7H15NO. The number of hydrogen-bond acceptors (Lipinski definition) is 2. The molecule has 0 saturated carbocycles. The van der Waals surface area contributed by atoms with Crippen LogP contribution in [0.5, 0.6) is 0 Å². The fourth-order valence-corrected chi connectivity index (χ4v) is 0.338. The van der Waals surface area contributed by atoms with Gasteiger partial charge in [-0.15, -0.1) is 0 Å². The molecule has 0 spiro atoms. The number of hydrogen-bond donors (Lipinski definition) is 0. The lowest BCUT2D eigenvalue weighted by Crippen LogP contribution is -2.18. The molecule has 0 atom stereocenters. The zero-order valence-corrected chi connectivity index (χ0v) is 6.48. The highest BCUT2D eigenvalue weighted by molar-refractivity contribution is 4.84. The van der Waals surface area contributed by atoms with E-state index in [0.29, 0.717) is 6.73 Å². The first-order chi connectivity index (χ1) is 4.18. The van der Waals surface area contributed by atoms with Crippen molar-refractivity contribution >= 4 is 0 Å². The van der Waals surface area contributed by atoms with Crippen molar-refractivity contribution < 1.29 is 4.74 Å². The van der Waals surface area contributed by atoms with Crippen LogP contribution in [0.4, 0.5) is 0 Å². The summed E-state index contributed by atoms with van der Waals surface area (Å²) in [5, 5.41) is 0. The first kappa shape index (κ1) is 8.50. The van der Waals surface area contributed by atoms with Crippen LogP contribution in [0.25, 0.3) is 0 Å². The van der Waals surface area contributed by atoms with E-state index >= 15 is 0 Å². The average molecular weight is 129 g/mol. The quantitative estimate of drug-likeness (QED) is 0.533. The summed E-state index contributed by atoms with van der Waals surface area (Å²) in [6, 6.07) is 0. The predicted molar refractivity (Wildman–Crippen MR) is 39.1 cm³/mol. The van der Waals surface area contributed by atoms with Gasteiger partial charge in [-0.3, -0.25) is 0 Å². The molecule has 0 aliphatic heterocycles. The Balaban J connectivity index is 3.27. The maximum atomic E-state index is 5.12. The van der Waals surface area contributed by atoms with Gasteiger partial charge in [0, 0.05) is 19.4 Å². The van der Waals surface area contributed by atoms with Crippen molar-refractivity contribution in [3.8, 4) is 0 Å². The van der Waals surface area contributed by atoms with E-state index in [4.69, 9.17) is 4.74 Å². The Morgan fingerprint density at radius 2 is 2.22 bits per heavy atom. The molecule has 0 heterocycles. The molecule has 0 saturated heterocycles. The molecule has 0 unspecified atom stereocenters. The fraction of sp³-hybridized carbons (Fsp3) is 0.714. The van der Waals surface area contributed by atoms with Gasteiger partial charge in [-0.25, -0.2) is 0 Å². The lowest BCUT2D eigenvalue weighted by atomic mass is 10.5. The van der Waals surface area contributed by atoms with Crippen molar-refractivity contribution in [3.63, 3.8) is 0 Å². The number of nitrogens with zero attached hydrogens (tertiary/aromatic N) is 1. The third-order valence-corrected chi connectivity index (χ3v) is 1.14. The van der Waals surface area contributed by atoms with Crippen LogP contribution in [0, 0.1) is 0 Å². The molecular weight excluding hydrogens is 114 g/mol. The molecule has 2 nitrogen and oxygen atoms in total. The molecule has 0 radical (unpaired) electrons. The first-order valence-electron chi connectivity index (χ1n) is 3.13. The van der Waals surface area contributed by atoms with Crippen molar-refractivity contribution in [2.24, 2.45) is 0 Å². The lowest BCUT2D eigenvalue weighted by molar-refractivity contribution is 0.0692. The smallest absolute Gasteiger partial charge is 0.118 e. The van der Waals surface area contributed by atoms with Crippen molar-refractivity contribution in [1.29, 1.82) is 0 Å². The Bertz CT molecular complexity index is 90.9. The van der Waals surface area contributed by atoms with Crippen LogP contribution in [0.2, 0.25) is 0 Å². The Morgan fingerprint density at radius 1 is 1.67 bits per heavy atom. The average Bonchev–Trinajstić information content (AvgIpc) is 1.82. The number of rotatable bonds is 4. The van der Waals surface area contributed by atoms with Crippen LogP contribution in [0.1, 0.15) is 13.8 Å². The molecule has 0 aromatic heterocycles. The maximum absolute atomic E-state index is 5.12. The van der Waals surface area contributed by atoms with Crippen LogP contribution in [-0.4, -0.2) is 25.3 Å². The van der Waals surface area contributed by atoms with Crippen molar-refractivity contribution in [3.05, 3.63) is 12.3 Å². The minimum Gasteiger partial charge on any atom is -0.361 e. The molecule has 0 fully saturated rings. The summed E-state index contributed by atoms with van der Waals surface area (Å²) in [5.41, 5.74) is 1.03. The summed E-state index contributed by atoms with van der Waals surface area (Å²) in [6.45, 7) is 9.10. The van der Waals surface area contributed by atoms with E-state index in [-0.39, 0.29) is 0 Å². The monoisotopic (exact) mass is 129 g/mol. The molecule has 0 amide bonds. The van der Waals surface area contributed by atoms with E-state index in [9.17, 15) is 0 Å². The molecule has 9 heavy (non-hydrogen) atoms. The van der Waals surface area contributed by atoms with Crippen molar-refractivity contribution in [1.82, 2.24) is 4.90 Å². The van der Waals surface area contributed by atoms with Gasteiger partial charge in [0.25, 0.3) is 0 Å². The second-order valence-electron chi connectivity index (χ2n) is 2.06. The zero-order valence-electron chi connectivity index (χ0n) is 6.48. The summed E-state index contributed by atoms with van der Waals surface area (Å²) in [5.74, 6) is 0. The molecule has 0 aromatic carbocycles. The molecule has 0 aromatic rings. The van der Waals surface area contributed by atoms with Crippen LogP contribution in [0.15, 0.2) is 12.3 Å². The summed E-state index contributed by atoms with van der Waals surface area (Å²) in [7, 11) is 1.96. The van der Waals surface area contributed by atoms with Crippen LogP contribution < -0.4 is 0 Å². The third kappa shape index (κ3) is 4.03. The topological polar surface area (TPSA) is 12.5 Å². The molecule has 2 heteroatoms. The highest BCUT2D eigenvalue weighted by Crippen LogP contribution is 1.94. The van der Waals surface area contributed by atoms with E-state index in [2.05, 4.69) is 6.58 Å². The number of allylic oxidation sites excluding steroid dienone is 1. The fourth-order valence-electron chi connectivity index (χ4n) is 0.338. The lowest BCUT2D eigenvalue weighted by Gasteiger charge is -2.17. The Kier molecular flexibility index (Phi) is 4.14. The largest absolute Gasteiger partial charge is 0.361 e. The van der Waals surface area contributed by atoms with Gasteiger partial charge in [-0.1, -0.05) is 6.58 Å². The van der Waals surface area contributed by atoms with Crippen LogP contribution >= 0.6 is 0 Å². The highest BCUT2D eigenvalue weighted by Gasteiger charge is 1.92. The third-order valence-electron chi connectivity index (χ3n) is 1.14. The molecule has 0 N–H and O–H groups in total. The Hall–Kier alpha value is -0.500. The van der Waals surface area contributed by atoms with E-state index in [1.807, 2.05) is 25.8 Å². The van der Waals surface area contributed by atoms with Crippen LogP contribution in [0.3, 0.4) is 0 Å². The zero-order chi connectivity index (χ0) is 7.28. The second-order valence-corrected chi connectivity index (χ2v) is 2.06. The minimum absolute atomic E-state index is 0.645. The summed E-state index contributed by atoms with van der Waals surface area (Å²) in [4.78, 5) is 1.96. The first-order valence-corrected chi connectivity index (χ1v) is 3.13. The van der Waals surface area contributed by atoms with Gasteiger partial charge < -0.3 is 9.64 Å². The van der Waals surface area contributed by atoms with Gasteiger partial charge in [-0.05, 0) is 13.8 Å². The summed E-state index contributed by atoms with van der Waals surface area (Å²) < 4.78 is 5.12. The van der Waals surface area contributed by atoms with Gasteiger partial charge in [0.15, 0.2) is 0 Å².